The molecule has 1 aliphatic rings. The molecule has 11 heavy (non-hydrogen) atoms. The van der Waals surface area contributed by atoms with E-state index in [1.807, 2.05) is 6.92 Å². The summed E-state index contributed by atoms with van der Waals surface area (Å²) in [4.78, 5) is 0. The van der Waals surface area contributed by atoms with Gasteiger partial charge in [0.15, 0.2) is 0 Å². The first-order chi connectivity index (χ1) is 5.20. The van der Waals surface area contributed by atoms with Crippen molar-refractivity contribution in [2.75, 3.05) is 6.54 Å². The van der Waals surface area contributed by atoms with E-state index < -0.39 is 0 Å². The third-order valence-electron chi connectivity index (χ3n) is 2.12. The van der Waals surface area contributed by atoms with Crippen molar-refractivity contribution < 1.29 is 5.11 Å². The fourth-order valence-electron chi connectivity index (χ4n) is 1.54. The zero-order valence-electron chi connectivity index (χ0n) is 7.14. The second-order valence-electron chi connectivity index (χ2n) is 3.43. The first-order valence-corrected chi connectivity index (χ1v) is 4.26. The van der Waals surface area contributed by atoms with Crippen LogP contribution in [0.3, 0.4) is 0 Å². The Kier molecular flexibility index (Phi) is 3.09. The molecule has 1 unspecified atom stereocenters. The monoisotopic (exact) mass is 155 g/mol. The van der Waals surface area contributed by atoms with Gasteiger partial charge in [0.25, 0.3) is 0 Å². The largest absolute Gasteiger partial charge is 0.391 e. The van der Waals surface area contributed by atoms with Gasteiger partial charge in [-0.05, 0) is 32.7 Å². The second kappa shape index (κ2) is 3.88. The van der Waals surface area contributed by atoms with E-state index in [9.17, 15) is 5.11 Å². The van der Waals surface area contributed by atoms with Crippen molar-refractivity contribution in [2.24, 2.45) is 0 Å². The molecule has 1 heterocycles. The highest BCUT2D eigenvalue weighted by atomic mass is 16.3. The summed E-state index contributed by atoms with van der Waals surface area (Å²) in [5.74, 6) is 0. The molecule has 0 saturated carbocycles. The first-order valence-electron chi connectivity index (χ1n) is 4.26. The van der Waals surface area contributed by atoms with Gasteiger partial charge in [0, 0.05) is 6.04 Å². The van der Waals surface area contributed by atoms with Gasteiger partial charge in [-0.2, -0.15) is 0 Å². The molecule has 2 nitrogen and oxygen atoms in total. The molecule has 0 aromatic heterocycles. The van der Waals surface area contributed by atoms with Gasteiger partial charge in [-0.25, -0.2) is 0 Å². The normalized spacial score (nSPS) is 26.9. The molecule has 2 atom stereocenters. The lowest BCUT2D eigenvalue weighted by atomic mass is 10.0. The van der Waals surface area contributed by atoms with E-state index in [1.165, 1.54) is 6.42 Å². The van der Waals surface area contributed by atoms with Crippen molar-refractivity contribution in [3.05, 3.63) is 12.2 Å². The molecular weight excluding hydrogens is 138 g/mol. The van der Waals surface area contributed by atoms with Crippen molar-refractivity contribution in [1.82, 2.24) is 5.32 Å². The molecule has 0 amide bonds. The molecule has 0 spiro atoms. The van der Waals surface area contributed by atoms with Crippen LogP contribution in [0.15, 0.2) is 12.2 Å². The van der Waals surface area contributed by atoms with Crippen LogP contribution in [0.1, 0.15) is 26.2 Å². The Balaban J connectivity index is 2.28. The van der Waals surface area contributed by atoms with Gasteiger partial charge in [0.2, 0.25) is 0 Å². The van der Waals surface area contributed by atoms with Gasteiger partial charge in [-0.15, -0.1) is 6.58 Å². The van der Waals surface area contributed by atoms with Gasteiger partial charge >= 0.3 is 0 Å². The number of nitrogens with one attached hydrogen (secondary N) is 1. The number of aliphatic hydroxyl groups excluding tert-OH is 1. The van der Waals surface area contributed by atoms with Crippen molar-refractivity contribution in [2.45, 2.75) is 38.3 Å². The quantitative estimate of drug-likeness (QED) is 0.597. The van der Waals surface area contributed by atoms with Crippen molar-refractivity contribution in [3.63, 3.8) is 0 Å². The summed E-state index contributed by atoms with van der Waals surface area (Å²) < 4.78 is 0. The lowest BCUT2D eigenvalue weighted by Gasteiger charge is -2.17. The predicted octanol–water partition coefficient (Wildman–Crippen LogP) is 1.07. The standard InChI is InChI=1S/C9H17NO/c1-7(2)6-9(11)8-4-3-5-10-8/h8-11H,1,3-6H2,2H3/t8-,9?/m0/s1. The summed E-state index contributed by atoms with van der Waals surface area (Å²) >= 11 is 0. The van der Waals surface area contributed by atoms with Gasteiger partial charge in [-0.3, -0.25) is 0 Å². The Morgan fingerprint density at radius 3 is 3.00 bits per heavy atom. The third kappa shape index (κ3) is 2.64. The Hall–Kier alpha value is -0.340. The van der Waals surface area contributed by atoms with Crippen LogP contribution in [-0.4, -0.2) is 23.8 Å². The minimum absolute atomic E-state index is 0.227. The van der Waals surface area contributed by atoms with Gasteiger partial charge in [0.05, 0.1) is 6.10 Å². The van der Waals surface area contributed by atoms with Crippen molar-refractivity contribution in [3.8, 4) is 0 Å². The summed E-state index contributed by atoms with van der Waals surface area (Å²) in [6, 6.07) is 0.312. The topological polar surface area (TPSA) is 32.3 Å². The lowest BCUT2D eigenvalue weighted by molar-refractivity contribution is 0.136. The molecule has 2 N–H and O–H groups in total. The average Bonchev–Trinajstić information content (AvgIpc) is 2.35. The molecule has 1 fully saturated rings. The average molecular weight is 155 g/mol. The van der Waals surface area contributed by atoms with Gasteiger partial charge in [0.1, 0.15) is 0 Å². The molecule has 2 heteroatoms. The van der Waals surface area contributed by atoms with Crippen molar-refractivity contribution in [1.29, 1.82) is 0 Å². The summed E-state index contributed by atoms with van der Waals surface area (Å²) in [6.45, 7) is 6.79. The van der Waals surface area contributed by atoms with Crippen LogP contribution in [0.2, 0.25) is 0 Å². The van der Waals surface area contributed by atoms with E-state index >= 15 is 0 Å². The van der Waals surface area contributed by atoms with Crippen LogP contribution >= 0.6 is 0 Å². The van der Waals surface area contributed by atoms with Crippen LogP contribution in [-0.2, 0) is 0 Å². The Labute approximate surface area is 68.3 Å². The number of aliphatic hydroxyl groups is 1. The SMILES string of the molecule is C=C(C)CC(O)[C@@H]1CCCN1. The van der Waals surface area contributed by atoms with Crippen molar-refractivity contribution >= 4 is 0 Å². The molecule has 0 aromatic carbocycles. The zero-order valence-corrected chi connectivity index (χ0v) is 7.14. The molecule has 1 rings (SSSR count). The molecule has 0 aliphatic carbocycles. The van der Waals surface area contributed by atoms with E-state index in [-0.39, 0.29) is 6.10 Å². The predicted molar refractivity (Wildman–Crippen MR) is 46.5 cm³/mol. The molecule has 64 valence electrons. The maximum absolute atomic E-state index is 9.60. The summed E-state index contributed by atoms with van der Waals surface area (Å²) in [7, 11) is 0. The summed E-state index contributed by atoms with van der Waals surface area (Å²) in [6.07, 6.45) is 2.80. The Bertz CT molecular complexity index is 138. The highest BCUT2D eigenvalue weighted by Gasteiger charge is 2.21. The van der Waals surface area contributed by atoms with Crippen LogP contribution in [0, 0.1) is 0 Å². The highest BCUT2D eigenvalue weighted by molar-refractivity contribution is 4.95. The fourth-order valence-corrected chi connectivity index (χ4v) is 1.54. The minimum atomic E-state index is -0.227. The summed E-state index contributed by atoms with van der Waals surface area (Å²) in [5, 5.41) is 12.9. The van der Waals surface area contributed by atoms with Crippen LogP contribution in [0.4, 0.5) is 0 Å². The van der Waals surface area contributed by atoms with E-state index in [4.69, 9.17) is 0 Å². The molecule has 1 aliphatic heterocycles. The molecule has 0 aromatic rings. The van der Waals surface area contributed by atoms with Gasteiger partial charge in [-0.1, -0.05) is 5.57 Å². The first kappa shape index (κ1) is 8.75. The van der Waals surface area contributed by atoms with Gasteiger partial charge < -0.3 is 10.4 Å². The third-order valence-corrected chi connectivity index (χ3v) is 2.12. The highest BCUT2D eigenvalue weighted by Crippen LogP contribution is 2.14. The van der Waals surface area contributed by atoms with Crippen LogP contribution in [0.5, 0.6) is 0 Å². The number of hydrogen-bond acceptors (Lipinski definition) is 2. The van der Waals surface area contributed by atoms with E-state index in [0.717, 1.165) is 25.0 Å². The lowest BCUT2D eigenvalue weighted by Crippen LogP contribution is -2.34. The van der Waals surface area contributed by atoms with Crippen LogP contribution in [0.25, 0.3) is 0 Å². The molecule has 0 bridgehead atoms. The number of hydrogen-bond donors (Lipinski definition) is 2. The van der Waals surface area contributed by atoms with E-state index in [2.05, 4.69) is 11.9 Å². The number of rotatable bonds is 3. The summed E-state index contributed by atoms with van der Waals surface area (Å²) in [5.41, 5.74) is 1.06. The Morgan fingerprint density at radius 2 is 2.55 bits per heavy atom. The zero-order chi connectivity index (χ0) is 8.27. The van der Waals surface area contributed by atoms with E-state index in [1.54, 1.807) is 0 Å². The fraction of sp³-hybridized carbons (Fsp3) is 0.778. The van der Waals surface area contributed by atoms with E-state index in [0.29, 0.717) is 6.04 Å². The molecular formula is C9H17NO. The second-order valence-corrected chi connectivity index (χ2v) is 3.43. The smallest absolute Gasteiger partial charge is 0.0729 e. The maximum atomic E-state index is 9.60. The molecule has 0 radical (unpaired) electrons. The molecule has 1 saturated heterocycles. The Morgan fingerprint density at radius 1 is 1.82 bits per heavy atom. The van der Waals surface area contributed by atoms with Crippen LogP contribution < -0.4 is 5.32 Å². The maximum Gasteiger partial charge on any atom is 0.0729 e. The minimum Gasteiger partial charge on any atom is -0.391 e.